The van der Waals surface area contributed by atoms with Crippen molar-refractivity contribution in [2.24, 2.45) is 0 Å². The van der Waals surface area contributed by atoms with Crippen molar-refractivity contribution in [3.8, 4) is 11.5 Å². The summed E-state index contributed by atoms with van der Waals surface area (Å²) in [5.74, 6) is 1.66. The molecule has 0 spiro atoms. The molecule has 0 unspecified atom stereocenters. The Morgan fingerprint density at radius 1 is 1.10 bits per heavy atom. The zero-order valence-electron chi connectivity index (χ0n) is 12.4. The lowest BCUT2D eigenvalue weighted by molar-refractivity contribution is 0.279. The van der Waals surface area contributed by atoms with Gasteiger partial charge in [-0.2, -0.15) is 0 Å². The average molecular weight is 351 g/mol. The van der Waals surface area contributed by atoms with Crippen LogP contribution in [0.4, 0.5) is 0 Å². The highest BCUT2D eigenvalue weighted by atomic mass is 79.9. The summed E-state index contributed by atoms with van der Waals surface area (Å²) in [7, 11) is 1.65. The van der Waals surface area contributed by atoms with Gasteiger partial charge in [-0.05, 0) is 48.7 Å². The number of methoxy groups -OCH3 is 1. The minimum Gasteiger partial charge on any atom is -0.496 e. The Balaban J connectivity index is 2.22. The molecule has 0 bridgehead atoms. The zero-order chi connectivity index (χ0) is 15.4. The smallest absolute Gasteiger partial charge is 0.125 e. The number of aliphatic hydroxyl groups excluding tert-OH is 1. The molecule has 21 heavy (non-hydrogen) atoms. The van der Waals surface area contributed by atoms with Gasteiger partial charge in [0.15, 0.2) is 0 Å². The summed E-state index contributed by atoms with van der Waals surface area (Å²) >= 11 is 3.46. The molecule has 2 aromatic rings. The third-order valence-electron chi connectivity index (χ3n) is 3.32. The van der Waals surface area contributed by atoms with Crippen LogP contribution in [0.2, 0.25) is 0 Å². The Labute approximate surface area is 133 Å². The molecule has 0 saturated carbocycles. The van der Waals surface area contributed by atoms with Crippen LogP contribution in [-0.2, 0) is 13.2 Å². The fourth-order valence-electron chi connectivity index (χ4n) is 2.37. The average Bonchev–Trinajstić information content (AvgIpc) is 2.46. The van der Waals surface area contributed by atoms with E-state index in [0.717, 1.165) is 38.2 Å². The van der Waals surface area contributed by atoms with Crippen LogP contribution in [0, 0.1) is 13.8 Å². The summed E-state index contributed by atoms with van der Waals surface area (Å²) in [5, 5.41) is 9.22. The third kappa shape index (κ3) is 3.77. The predicted molar refractivity (Wildman–Crippen MR) is 86.9 cm³/mol. The van der Waals surface area contributed by atoms with E-state index in [-0.39, 0.29) is 6.61 Å². The topological polar surface area (TPSA) is 38.7 Å². The van der Waals surface area contributed by atoms with Gasteiger partial charge in [-0.25, -0.2) is 0 Å². The van der Waals surface area contributed by atoms with Crippen molar-refractivity contribution < 1.29 is 14.6 Å². The Bertz CT molecular complexity index is 615. The quantitative estimate of drug-likeness (QED) is 0.880. The van der Waals surface area contributed by atoms with Crippen molar-refractivity contribution in [1.29, 1.82) is 0 Å². The molecule has 0 saturated heterocycles. The lowest BCUT2D eigenvalue weighted by atomic mass is 10.1. The van der Waals surface area contributed by atoms with Crippen molar-refractivity contribution in [3.63, 3.8) is 0 Å². The molecular weight excluding hydrogens is 332 g/mol. The number of aryl methyl sites for hydroxylation is 2. The maximum Gasteiger partial charge on any atom is 0.125 e. The van der Waals surface area contributed by atoms with E-state index < -0.39 is 0 Å². The number of aliphatic hydroxyl groups is 1. The molecule has 0 atom stereocenters. The maximum atomic E-state index is 9.22. The minimum atomic E-state index is 0.0431. The van der Waals surface area contributed by atoms with Crippen LogP contribution in [0.3, 0.4) is 0 Å². The van der Waals surface area contributed by atoms with E-state index >= 15 is 0 Å². The second kappa shape index (κ2) is 6.96. The van der Waals surface area contributed by atoms with Gasteiger partial charge in [-0.15, -0.1) is 0 Å². The molecule has 0 amide bonds. The second-order valence-electron chi connectivity index (χ2n) is 4.96. The van der Waals surface area contributed by atoms with Crippen LogP contribution < -0.4 is 9.47 Å². The summed E-state index contributed by atoms with van der Waals surface area (Å²) in [5.41, 5.74) is 3.93. The molecule has 0 aliphatic carbocycles. The van der Waals surface area contributed by atoms with Crippen molar-refractivity contribution >= 4 is 15.9 Å². The zero-order valence-corrected chi connectivity index (χ0v) is 14.0. The lowest BCUT2D eigenvalue weighted by Crippen LogP contribution is -2.02. The fraction of sp³-hybridized carbons (Fsp3) is 0.294. The monoisotopic (exact) mass is 350 g/mol. The second-order valence-corrected chi connectivity index (χ2v) is 5.88. The molecule has 0 aliphatic heterocycles. The van der Waals surface area contributed by atoms with Gasteiger partial charge in [-0.1, -0.05) is 28.1 Å². The summed E-state index contributed by atoms with van der Waals surface area (Å²) in [6.45, 7) is 4.45. The van der Waals surface area contributed by atoms with E-state index in [9.17, 15) is 5.11 Å². The molecular formula is C17H19BrO3. The van der Waals surface area contributed by atoms with Crippen LogP contribution in [-0.4, -0.2) is 12.2 Å². The standard InChI is InChI=1S/C17H19BrO3/c1-11-6-13(9-19)7-12(2)17(11)21-10-14-8-15(18)4-5-16(14)20-3/h4-8,19H,9-10H2,1-3H3. The summed E-state index contributed by atoms with van der Waals surface area (Å²) in [4.78, 5) is 0. The molecule has 0 heterocycles. The highest BCUT2D eigenvalue weighted by Gasteiger charge is 2.09. The van der Waals surface area contributed by atoms with E-state index in [1.165, 1.54) is 0 Å². The number of benzene rings is 2. The van der Waals surface area contributed by atoms with Gasteiger partial charge in [0.25, 0.3) is 0 Å². The lowest BCUT2D eigenvalue weighted by Gasteiger charge is -2.15. The molecule has 0 aliphatic rings. The van der Waals surface area contributed by atoms with E-state index in [0.29, 0.717) is 6.61 Å². The van der Waals surface area contributed by atoms with Crippen LogP contribution >= 0.6 is 15.9 Å². The Morgan fingerprint density at radius 3 is 2.33 bits per heavy atom. The molecule has 4 heteroatoms. The van der Waals surface area contributed by atoms with E-state index in [1.54, 1.807) is 7.11 Å². The van der Waals surface area contributed by atoms with Crippen molar-refractivity contribution in [1.82, 2.24) is 0 Å². The van der Waals surface area contributed by atoms with Crippen molar-refractivity contribution in [3.05, 3.63) is 57.1 Å². The Kier molecular flexibility index (Phi) is 5.26. The van der Waals surface area contributed by atoms with Crippen molar-refractivity contribution in [2.75, 3.05) is 7.11 Å². The predicted octanol–water partition coefficient (Wildman–Crippen LogP) is 4.15. The van der Waals surface area contributed by atoms with Crippen LogP contribution in [0.1, 0.15) is 22.3 Å². The first-order valence-corrected chi connectivity index (χ1v) is 7.50. The molecule has 0 fully saturated rings. The van der Waals surface area contributed by atoms with Gasteiger partial charge in [0.05, 0.1) is 13.7 Å². The minimum absolute atomic E-state index is 0.0431. The number of hydrogen-bond donors (Lipinski definition) is 1. The van der Waals surface area contributed by atoms with E-state index in [1.807, 2.05) is 44.2 Å². The maximum absolute atomic E-state index is 9.22. The number of rotatable bonds is 5. The van der Waals surface area contributed by atoms with E-state index in [4.69, 9.17) is 9.47 Å². The van der Waals surface area contributed by atoms with E-state index in [2.05, 4.69) is 15.9 Å². The SMILES string of the molecule is COc1ccc(Br)cc1COc1c(C)cc(CO)cc1C. The first-order chi connectivity index (χ1) is 10.0. The molecule has 0 radical (unpaired) electrons. The van der Waals surface area contributed by atoms with Gasteiger partial charge in [0.2, 0.25) is 0 Å². The van der Waals surface area contributed by atoms with Gasteiger partial charge in [0.1, 0.15) is 18.1 Å². The number of hydrogen-bond acceptors (Lipinski definition) is 3. The number of ether oxygens (including phenoxy) is 2. The molecule has 2 rings (SSSR count). The Morgan fingerprint density at radius 2 is 1.76 bits per heavy atom. The van der Waals surface area contributed by atoms with Crippen LogP contribution in [0.5, 0.6) is 11.5 Å². The summed E-state index contributed by atoms with van der Waals surface area (Å²) < 4.78 is 12.3. The highest BCUT2D eigenvalue weighted by Crippen LogP contribution is 2.28. The first kappa shape index (κ1) is 15.9. The van der Waals surface area contributed by atoms with Crippen LogP contribution in [0.15, 0.2) is 34.8 Å². The van der Waals surface area contributed by atoms with Gasteiger partial charge in [-0.3, -0.25) is 0 Å². The Hall–Kier alpha value is -1.52. The molecule has 0 aromatic heterocycles. The summed E-state index contributed by atoms with van der Waals surface area (Å²) in [6, 6.07) is 9.73. The number of halogens is 1. The molecule has 2 aromatic carbocycles. The molecule has 3 nitrogen and oxygen atoms in total. The van der Waals surface area contributed by atoms with Gasteiger partial charge >= 0.3 is 0 Å². The van der Waals surface area contributed by atoms with Gasteiger partial charge < -0.3 is 14.6 Å². The largest absolute Gasteiger partial charge is 0.496 e. The molecule has 1 N–H and O–H groups in total. The third-order valence-corrected chi connectivity index (χ3v) is 3.81. The normalized spacial score (nSPS) is 10.5. The fourth-order valence-corrected chi connectivity index (χ4v) is 2.78. The highest BCUT2D eigenvalue weighted by molar-refractivity contribution is 9.10. The van der Waals surface area contributed by atoms with Gasteiger partial charge in [0, 0.05) is 10.0 Å². The molecule has 112 valence electrons. The summed E-state index contributed by atoms with van der Waals surface area (Å²) in [6.07, 6.45) is 0. The first-order valence-electron chi connectivity index (χ1n) is 6.71. The van der Waals surface area contributed by atoms with Crippen LogP contribution in [0.25, 0.3) is 0 Å². The van der Waals surface area contributed by atoms with Crippen molar-refractivity contribution in [2.45, 2.75) is 27.1 Å².